The van der Waals surface area contributed by atoms with Crippen molar-refractivity contribution in [2.24, 2.45) is 0 Å². The second-order valence-corrected chi connectivity index (χ2v) is 4.32. The normalized spacial score (nSPS) is 9.85. The van der Waals surface area contributed by atoms with Gasteiger partial charge < -0.3 is 10.1 Å². The van der Waals surface area contributed by atoms with Crippen molar-refractivity contribution < 1.29 is 14.3 Å². The van der Waals surface area contributed by atoms with Gasteiger partial charge in [0.2, 0.25) is 5.91 Å². The number of hydrogen-bond donors (Lipinski definition) is 1. The maximum absolute atomic E-state index is 11.7. The van der Waals surface area contributed by atoms with E-state index >= 15 is 0 Å². The minimum atomic E-state index is -0.162. The van der Waals surface area contributed by atoms with Crippen molar-refractivity contribution in [3.8, 4) is 5.75 Å². The van der Waals surface area contributed by atoms with Crippen molar-refractivity contribution in [2.75, 3.05) is 13.2 Å². The van der Waals surface area contributed by atoms with Gasteiger partial charge in [-0.3, -0.25) is 9.59 Å². The number of hydrogen-bond acceptors (Lipinski definition) is 3. The first-order chi connectivity index (χ1) is 9.69. The third kappa shape index (κ3) is 5.26. The molecule has 1 aromatic carbocycles. The lowest BCUT2D eigenvalue weighted by molar-refractivity contribution is -0.116. The number of nitrogens with one attached hydrogen (secondary N) is 1. The molecule has 1 aromatic rings. The van der Waals surface area contributed by atoms with Crippen molar-refractivity contribution in [1.29, 1.82) is 0 Å². The summed E-state index contributed by atoms with van der Waals surface area (Å²) < 4.78 is 5.64. The number of benzene rings is 1. The van der Waals surface area contributed by atoms with Crippen molar-refractivity contribution in [1.82, 2.24) is 5.32 Å². The summed E-state index contributed by atoms with van der Waals surface area (Å²) in [4.78, 5) is 22.7. The minimum absolute atomic E-state index is 0.0823. The summed E-state index contributed by atoms with van der Waals surface area (Å²) in [5.74, 6) is 0.554. The number of carbonyl (C=O) groups excluding carboxylic acids is 2. The Kier molecular flexibility index (Phi) is 7.11. The predicted octanol–water partition coefficient (Wildman–Crippen LogP) is 2.74. The first-order valence-corrected chi connectivity index (χ1v) is 6.84. The lowest BCUT2D eigenvalue weighted by atomic mass is 10.1. The van der Waals surface area contributed by atoms with Crippen LogP contribution < -0.4 is 10.1 Å². The van der Waals surface area contributed by atoms with E-state index in [-0.39, 0.29) is 11.7 Å². The molecule has 0 aliphatic rings. The molecule has 0 saturated carbocycles. The molecule has 0 unspecified atom stereocenters. The van der Waals surface area contributed by atoms with E-state index in [2.05, 4.69) is 11.9 Å². The number of carbonyl (C=O) groups is 2. The van der Waals surface area contributed by atoms with Crippen molar-refractivity contribution >= 4 is 11.7 Å². The van der Waals surface area contributed by atoms with Gasteiger partial charge in [0.05, 0.1) is 12.2 Å². The van der Waals surface area contributed by atoms with Gasteiger partial charge >= 0.3 is 0 Å². The van der Waals surface area contributed by atoms with E-state index in [1.54, 1.807) is 6.07 Å². The highest BCUT2D eigenvalue weighted by molar-refractivity contribution is 5.98. The largest absolute Gasteiger partial charge is 0.493 e. The Morgan fingerprint density at radius 2 is 2.05 bits per heavy atom. The molecule has 4 heteroatoms. The van der Waals surface area contributed by atoms with E-state index in [0.29, 0.717) is 30.9 Å². The van der Waals surface area contributed by atoms with Crippen LogP contribution in [0, 0.1) is 0 Å². The molecule has 0 radical (unpaired) electrons. The van der Waals surface area contributed by atoms with Crippen LogP contribution in [0.4, 0.5) is 0 Å². The maximum Gasteiger partial charge on any atom is 0.243 e. The Morgan fingerprint density at radius 3 is 2.75 bits per heavy atom. The van der Waals surface area contributed by atoms with E-state index in [1.165, 1.54) is 6.08 Å². The highest BCUT2D eigenvalue weighted by Gasteiger charge is 2.09. The third-order valence-corrected chi connectivity index (χ3v) is 2.82. The van der Waals surface area contributed by atoms with E-state index in [1.807, 2.05) is 25.1 Å². The van der Waals surface area contributed by atoms with Crippen molar-refractivity contribution in [3.05, 3.63) is 42.5 Å². The fourth-order valence-electron chi connectivity index (χ4n) is 1.71. The molecule has 0 bridgehead atoms. The van der Waals surface area contributed by atoms with Crippen LogP contribution in [0.3, 0.4) is 0 Å². The number of ketones is 1. The predicted molar refractivity (Wildman–Crippen MR) is 79.0 cm³/mol. The van der Waals surface area contributed by atoms with Crippen LogP contribution in [-0.4, -0.2) is 24.8 Å². The molecule has 1 N–H and O–H groups in total. The summed E-state index contributed by atoms with van der Waals surface area (Å²) in [6, 6.07) is 7.28. The zero-order valence-electron chi connectivity index (χ0n) is 11.9. The Labute approximate surface area is 119 Å². The summed E-state index contributed by atoms with van der Waals surface area (Å²) in [6.45, 7) is 6.34. The van der Waals surface area contributed by atoms with E-state index < -0.39 is 0 Å². The molecule has 1 amide bonds. The highest BCUT2D eigenvalue weighted by atomic mass is 16.5. The molecule has 0 atom stereocenters. The molecule has 20 heavy (non-hydrogen) atoms. The zero-order chi connectivity index (χ0) is 14.8. The van der Waals surface area contributed by atoms with E-state index in [9.17, 15) is 9.59 Å². The fourth-order valence-corrected chi connectivity index (χ4v) is 1.71. The monoisotopic (exact) mass is 275 g/mol. The Hall–Kier alpha value is -2.10. The number of amides is 1. The number of rotatable bonds is 9. The first kappa shape index (κ1) is 16.0. The first-order valence-electron chi connectivity index (χ1n) is 6.84. The number of para-hydroxylation sites is 1. The van der Waals surface area contributed by atoms with Gasteiger partial charge in [0.15, 0.2) is 5.78 Å². The quantitative estimate of drug-likeness (QED) is 0.428. The van der Waals surface area contributed by atoms with Gasteiger partial charge in [0.1, 0.15) is 5.75 Å². The lowest BCUT2D eigenvalue weighted by Gasteiger charge is -2.10. The topological polar surface area (TPSA) is 55.4 Å². The van der Waals surface area contributed by atoms with Gasteiger partial charge in [-0.1, -0.05) is 25.6 Å². The molecule has 0 spiro atoms. The van der Waals surface area contributed by atoms with E-state index in [0.717, 1.165) is 12.8 Å². The fraction of sp³-hybridized carbons (Fsp3) is 0.375. The Balaban J connectivity index is 2.33. The molecular formula is C16H21NO3. The van der Waals surface area contributed by atoms with Gasteiger partial charge in [0.25, 0.3) is 0 Å². The van der Waals surface area contributed by atoms with Gasteiger partial charge in [-0.2, -0.15) is 0 Å². The number of ether oxygens (including phenoxy) is 1. The summed E-state index contributed by atoms with van der Waals surface area (Å²) >= 11 is 0. The molecular weight excluding hydrogens is 254 g/mol. The average Bonchev–Trinajstić information content (AvgIpc) is 2.50. The summed E-state index contributed by atoms with van der Waals surface area (Å²) in [5.41, 5.74) is 0.634. The van der Waals surface area contributed by atoms with Crippen LogP contribution in [0.2, 0.25) is 0 Å². The van der Waals surface area contributed by atoms with Crippen LogP contribution in [0.25, 0.3) is 0 Å². The van der Waals surface area contributed by atoms with Gasteiger partial charge in [-0.15, -0.1) is 0 Å². The van der Waals surface area contributed by atoms with Crippen LogP contribution >= 0.6 is 0 Å². The maximum atomic E-state index is 11.7. The van der Waals surface area contributed by atoms with Crippen molar-refractivity contribution in [3.63, 3.8) is 0 Å². The molecule has 0 saturated heterocycles. The van der Waals surface area contributed by atoms with Crippen LogP contribution in [0.1, 0.15) is 36.5 Å². The third-order valence-electron chi connectivity index (χ3n) is 2.82. The molecule has 0 aromatic heterocycles. The Bertz CT molecular complexity index is 469. The highest BCUT2D eigenvalue weighted by Crippen LogP contribution is 2.19. The molecule has 0 aliphatic heterocycles. The summed E-state index contributed by atoms with van der Waals surface area (Å²) in [6.07, 6.45) is 3.35. The zero-order valence-corrected chi connectivity index (χ0v) is 11.9. The number of unbranched alkanes of at least 4 members (excludes halogenated alkanes) is 1. The minimum Gasteiger partial charge on any atom is -0.493 e. The van der Waals surface area contributed by atoms with Crippen LogP contribution in [0.15, 0.2) is 36.9 Å². The summed E-state index contributed by atoms with van der Waals surface area (Å²) in [7, 11) is 0. The molecule has 0 aliphatic carbocycles. The van der Waals surface area contributed by atoms with Gasteiger partial charge in [0, 0.05) is 13.0 Å². The number of Topliss-reactive ketones (excluding diaryl/α,β-unsaturated/α-hetero) is 1. The lowest BCUT2D eigenvalue weighted by Crippen LogP contribution is -2.22. The standard InChI is InChI=1S/C16H21NO3/c1-3-14(18)13-9-5-6-10-15(13)20-12-8-7-11-17-16(19)4-2/h4-6,9-10H,2-3,7-8,11-12H2,1H3,(H,17,19). The van der Waals surface area contributed by atoms with Gasteiger partial charge in [-0.05, 0) is 31.1 Å². The molecule has 4 nitrogen and oxygen atoms in total. The average molecular weight is 275 g/mol. The SMILES string of the molecule is C=CC(=O)NCCCCOc1ccccc1C(=O)CC. The summed E-state index contributed by atoms with van der Waals surface area (Å²) in [5, 5.41) is 2.70. The molecule has 1 rings (SSSR count). The van der Waals surface area contributed by atoms with E-state index in [4.69, 9.17) is 4.74 Å². The second kappa shape index (κ2) is 8.91. The molecule has 108 valence electrons. The Morgan fingerprint density at radius 1 is 1.30 bits per heavy atom. The van der Waals surface area contributed by atoms with Crippen molar-refractivity contribution in [2.45, 2.75) is 26.2 Å². The van der Waals surface area contributed by atoms with Crippen LogP contribution in [0.5, 0.6) is 5.75 Å². The molecule has 0 heterocycles. The smallest absolute Gasteiger partial charge is 0.243 e. The van der Waals surface area contributed by atoms with Crippen LogP contribution in [-0.2, 0) is 4.79 Å². The van der Waals surface area contributed by atoms with Gasteiger partial charge in [-0.25, -0.2) is 0 Å². The second-order valence-electron chi connectivity index (χ2n) is 4.32. The molecule has 0 fully saturated rings.